The van der Waals surface area contributed by atoms with E-state index in [9.17, 15) is 0 Å². The molecule has 0 bridgehead atoms. The summed E-state index contributed by atoms with van der Waals surface area (Å²) in [6.07, 6.45) is 2.02. The van der Waals surface area contributed by atoms with E-state index in [1.54, 1.807) is 12.3 Å². The van der Waals surface area contributed by atoms with Gasteiger partial charge in [0, 0.05) is 26.2 Å². The van der Waals surface area contributed by atoms with Crippen molar-refractivity contribution in [3.05, 3.63) is 59.9 Å². The number of hydrogen-bond donors (Lipinski definition) is 0. The summed E-state index contributed by atoms with van der Waals surface area (Å²) in [6.45, 7) is 4.53. The quantitative estimate of drug-likeness (QED) is 0.866. The van der Waals surface area contributed by atoms with Gasteiger partial charge < -0.3 is 9.64 Å². The lowest BCUT2D eigenvalue weighted by Gasteiger charge is -2.36. The molecule has 24 heavy (non-hydrogen) atoms. The van der Waals surface area contributed by atoms with Crippen molar-refractivity contribution < 1.29 is 4.74 Å². The van der Waals surface area contributed by atoms with Gasteiger partial charge in [0.1, 0.15) is 11.8 Å². The zero-order chi connectivity index (χ0) is 16.4. The Morgan fingerprint density at radius 3 is 2.79 bits per heavy atom. The molecule has 5 heteroatoms. The van der Waals surface area contributed by atoms with Crippen LogP contribution >= 0.6 is 0 Å². The lowest BCUT2D eigenvalue weighted by Crippen LogP contribution is -2.50. The molecule has 2 saturated heterocycles. The number of hydrogen-bond acceptors (Lipinski definition) is 5. The Balaban J connectivity index is 1.48. The van der Waals surface area contributed by atoms with Crippen LogP contribution in [0, 0.1) is 11.3 Å². The third-order valence-electron chi connectivity index (χ3n) is 4.87. The Hall–Kier alpha value is -2.42. The lowest BCUT2D eigenvalue weighted by atomic mass is 10.1. The molecule has 1 aromatic carbocycles. The van der Waals surface area contributed by atoms with E-state index < -0.39 is 0 Å². The summed E-state index contributed by atoms with van der Waals surface area (Å²) in [5.41, 5.74) is 2.86. The molecule has 2 fully saturated rings. The topological polar surface area (TPSA) is 52.4 Å². The second-order valence-corrected chi connectivity index (χ2v) is 6.35. The molecule has 122 valence electrons. The first-order valence-electron chi connectivity index (χ1n) is 8.34. The van der Waals surface area contributed by atoms with Gasteiger partial charge in [0.2, 0.25) is 0 Å². The van der Waals surface area contributed by atoms with Crippen molar-refractivity contribution in [3.63, 3.8) is 0 Å². The fourth-order valence-electron chi connectivity index (χ4n) is 3.62. The highest BCUT2D eigenvalue weighted by molar-refractivity contribution is 5.48. The zero-order valence-corrected chi connectivity index (χ0v) is 13.5. The predicted molar refractivity (Wildman–Crippen MR) is 91.5 cm³/mol. The average molecular weight is 320 g/mol. The molecule has 0 N–H and O–H groups in total. The molecule has 2 atom stereocenters. The first kappa shape index (κ1) is 15.1. The van der Waals surface area contributed by atoms with Crippen molar-refractivity contribution in [3.8, 4) is 6.07 Å². The lowest BCUT2D eigenvalue weighted by molar-refractivity contribution is -0.0499. The van der Waals surface area contributed by atoms with E-state index >= 15 is 0 Å². The molecular formula is C19H20N4O. The Morgan fingerprint density at radius 2 is 2.04 bits per heavy atom. The maximum Gasteiger partial charge on any atom is 0.140 e. The van der Waals surface area contributed by atoms with Gasteiger partial charge in [-0.05, 0) is 17.7 Å². The largest absolute Gasteiger partial charge is 0.373 e. The van der Waals surface area contributed by atoms with Crippen LogP contribution in [-0.4, -0.2) is 48.3 Å². The molecule has 1 aromatic heterocycles. The van der Waals surface area contributed by atoms with E-state index in [0.29, 0.717) is 11.7 Å². The first-order chi connectivity index (χ1) is 11.8. The molecular weight excluding hydrogens is 300 g/mol. The Labute approximate surface area is 142 Å². The number of ether oxygens (including phenoxy) is 1. The van der Waals surface area contributed by atoms with Crippen LogP contribution in [0.4, 0.5) is 5.69 Å². The van der Waals surface area contributed by atoms with Crippen molar-refractivity contribution in [1.29, 1.82) is 5.26 Å². The monoisotopic (exact) mass is 320 g/mol. The SMILES string of the molecule is N#Cc1ccc(N2C[C@@H]3OCCN(Cc4ccccc4)[C@H]3C2)cn1. The van der Waals surface area contributed by atoms with Gasteiger partial charge in [-0.15, -0.1) is 0 Å². The van der Waals surface area contributed by atoms with Crippen LogP contribution in [0.25, 0.3) is 0 Å². The molecule has 2 aliphatic rings. The van der Waals surface area contributed by atoms with E-state index in [1.807, 2.05) is 6.07 Å². The van der Waals surface area contributed by atoms with Gasteiger partial charge in [0.15, 0.2) is 0 Å². The molecule has 2 aliphatic heterocycles. The molecule has 0 unspecified atom stereocenters. The minimum absolute atomic E-state index is 0.234. The van der Waals surface area contributed by atoms with Crippen molar-refractivity contribution in [2.45, 2.75) is 18.7 Å². The molecule has 2 aromatic rings. The van der Waals surface area contributed by atoms with E-state index in [1.165, 1.54) is 5.56 Å². The summed E-state index contributed by atoms with van der Waals surface area (Å²) in [6, 6.07) is 16.8. The summed E-state index contributed by atoms with van der Waals surface area (Å²) in [4.78, 5) is 9.03. The molecule has 0 saturated carbocycles. The third kappa shape index (κ3) is 2.99. The van der Waals surface area contributed by atoms with Crippen LogP contribution in [0.2, 0.25) is 0 Å². The van der Waals surface area contributed by atoms with E-state index in [-0.39, 0.29) is 6.10 Å². The fourth-order valence-corrected chi connectivity index (χ4v) is 3.62. The fraction of sp³-hybridized carbons (Fsp3) is 0.368. The van der Waals surface area contributed by atoms with Gasteiger partial charge in [-0.3, -0.25) is 4.90 Å². The maximum atomic E-state index is 8.88. The summed E-state index contributed by atoms with van der Waals surface area (Å²) in [5, 5.41) is 8.88. The summed E-state index contributed by atoms with van der Waals surface area (Å²) < 4.78 is 6.01. The van der Waals surface area contributed by atoms with Crippen molar-refractivity contribution in [2.75, 3.05) is 31.1 Å². The number of anilines is 1. The van der Waals surface area contributed by atoms with Gasteiger partial charge in [0.05, 0.1) is 30.6 Å². The van der Waals surface area contributed by atoms with E-state index in [4.69, 9.17) is 10.00 Å². The van der Waals surface area contributed by atoms with E-state index in [0.717, 1.165) is 38.5 Å². The highest BCUT2D eigenvalue weighted by Gasteiger charge is 2.40. The highest BCUT2D eigenvalue weighted by atomic mass is 16.5. The van der Waals surface area contributed by atoms with Crippen LogP contribution < -0.4 is 4.90 Å². The molecule has 5 nitrogen and oxygen atoms in total. The maximum absolute atomic E-state index is 8.88. The van der Waals surface area contributed by atoms with Crippen LogP contribution in [0.15, 0.2) is 48.7 Å². The smallest absolute Gasteiger partial charge is 0.140 e. The van der Waals surface area contributed by atoms with Crippen molar-refractivity contribution >= 4 is 5.69 Å². The predicted octanol–water partition coefficient (Wildman–Crippen LogP) is 2.04. The number of nitriles is 1. The molecule has 0 radical (unpaired) electrons. The standard InChI is InChI=1S/C19H20N4O/c20-10-16-6-7-17(11-21-16)23-13-18-19(14-23)24-9-8-22(18)12-15-4-2-1-3-5-15/h1-7,11,18-19H,8-9,12-14H2/t18-,19-/m0/s1. The van der Waals surface area contributed by atoms with Crippen molar-refractivity contribution in [1.82, 2.24) is 9.88 Å². The molecule has 0 aliphatic carbocycles. The second kappa shape index (κ2) is 6.60. The van der Waals surface area contributed by atoms with Gasteiger partial charge in [-0.1, -0.05) is 30.3 Å². The summed E-state index contributed by atoms with van der Waals surface area (Å²) in [5.74, 6) is 0. The highest BCUT2D eigenvalue weighted by Crippen LogP contribution is 2.28. The average Bonchev–Trinajstić information content (AvgIpc) is 3.08. The minimum atomic E-state index is 0.234. The molecule has 3 heterocycles. The van der Waals surface area contributed by atoms with Crippen LogP contribution in [-0.2, 0) is 11.3 Å². The summed E-state index contributed by atoms with van der Waals surface area (Å²) >= 11 is 0. The molecule has 0 amide bonds. The number of aromatic nitrogens is 1. The van der Waals surface area contributed by atoms with E-state index in [2.05, 4.69) is 51.2 Å². The van der Waals surface area contributed by atoms with Crippen LogP contribution in [0.1, 0.15) is 11.3 Å². The normalized spacial score (nSPS) is 23.7. The Kier molecular flexibility index (Phi) is 4.16. The van der Waals surface area contributed by atoms with Gasteiger partial charge in [-0.2, -0.15) is 5.26 Å². The molecule has 4 rings (SSSR count). The number of nitrogens with zero attached hydrogens (tertiary/aromatic N) is 4. The first-order valence-corrected chi connectivity index (χ1v) is 8.34. The Morgan fingerprint density at radius 1 is 1.17 bits per heavy atom. The molecule has 0 spiro atoms. The van der Waals surface area contributed by atoms with Gasteiger partial charge >= 0.3 is 0 Å². The van der Waals surface area contributed by atoms with Crippen molar-refractivity contribution in [2.24, 2.45) is 0 Å². The van der Waals surface area contributed by atoms with Crippen LogP contribution in [0.5, 0.6) is 0 Å². The second-order valence-electron chi connectivity index (χ2n) is 6.35. The zero-order valence-electron chi connectivity index (χ0n) is 13.5. The number of rotatable bonds is 3. The summed E-state index contributed by atoms with van der Waals surface area (Å²) in [7, 11) is 0. The van der Waals surface area contributed by atoms with Gasteiger partial charge in [-0.25, -0.2) is 4.98 Å². The number of pyridine rings is 1. The number of fused-ring (bicyclic) bond motifs is 1. The van der Waals surface area contributed by atoms with Gasteiger partial charge in [0.25, 0.3) is 0 Å². The Bertz CT molecular complexity index is 725. The third-order valence-corrected chi connectivity index (χ3v) is 4.87. The number of benzene rings is 1. The number of morpholine rings is 1. The van der Waals surface area contributed by atoms with Crippen LogP contribution in [0.3, 0.4) is 0 Å². The minimum Gasteiger partial charge on any atom is -0.373 e.